The summed E-state index contributed by atoms with van der Waals surface area (Å²) in [6.45, 7) is 13.4. The Kier molecular flexibility index (Phi) is 72.0. The number of hydrogen-bond donors (Lipinski definition) is 0. The van der Waals surface area contributed by atoms with Crippen LogP contribution in [0.2, 0.25) is 0 Å². The molecule has 6 atom stereocenters. The maximum absolute atomic E-state index is 10.7. The maximum atomic E-state index is 10.7. The minimum absolute atomic E-state index is 0. The van der Waals surface area contributed by atoms with Crippen LogP contribution in [0.3, 0.4) is 0 Å². The second-order valence-electron chi connectivity index (χ2n) is 28.8. The molecule has 606 valence electrons. The zero-order valence-corrected chi connectivity index (χ0v) is 75.2. The molecule has 0 aliphatic carbocycles. The van der Waals surface area contributed by atoms with Gasteiger partial charge in [-0.25, -0.2) is 0 Å². The molecule has 0 amide bonds. The Morgan fingerprint density at radius 3 is 0.349 bits per heavy atom. The molecule has 0 spiro atoms. The average Bonchev–Trinajstić information content (AvgIpc) is 0.945. The SMILES string of the molecule is CCCCCCCCCc1ccc([P+](=O)[O-])cc1.CCCCCCCCCc1ccc([P+](=O)[O-])cc1.CCCCCCCCCc1ccc([P+](=O)[O-])cc1.CCCCCCCCCc1ccc([P+](=O)[O-])cc1.CCCCCCCCCc1ccc([P+](=O)[O-])cc1.CCCCCCCCCc1ccc([P+](=O)[O-])cc1.[Mo]. The van der Waals surface area contributed by atoms with E-state index in [1.807, 2.05) is 72.8 Å². The van der Waals surface area contributed by atoms with Gasteiger partial charge in [-0.15, -0.1) is 0 Å². The molecule has 6 rings (SSSR count). The summed E-state index contributed by atoms with van der Waals surface area (Å²) in [5.41, 5.74) is 7.44. The number of rotatable bonds is 54. The zero-order chi connectivity index (χ0) is 79.3. The van der Waals surface area contributed by atoms with E-state index in [1.165, 1.54) is 303 Å². The van der Waals surface area contributed by atoms with Gasteiger partial charge in [-0.3, -0.25) is 0 Å². The summed E-state index contributed by atoms with van der Waals surface area (Å²) in [6, 6.07) is 43.5. The van der Waals surface area contributed by atoms with Gasteiger partial charge < -0.3 is 29.4 Å². The van der Waals surface area contributed by atoms with Gasteiger partial charge in [0.05, 0.1) is 0 Å². The van der Waals surface area contributed by atoms with Gasteiger partial charge in [0.1, 0.15) is 0 Å². The molecule has 0 aliphatic heterocycles. The van der Waals surface area contributed by atoms with E-state index >= 15 is 0 Å². The first-order chi connectivity index (χ1) is 52.4. The predicted octanol–water partition coefficient (Wildman–Crippen LogP) is 22.2. The van der Waals surface area contributed by atoms with E-state index in [-0.39, 0.29) is 21.1 Å². The van der Waals surface area contributed by atoms with Crippen molar-refractivity contribution in [2.24, 2.45) is 0 Å². The summed E-state index contributed by atoms with van der Waals surface area (Å²) >= 11 is 0. The molecule has 6 aromatic rings. The van der Waals surface area contributed by atoms with Crippen LogP contribution < -0.4 is 61.2 Å². The van der Waals surface area contributed by atoms with Crippen LogP contribution in [0.1, 0.15) is 345 Å². The number of unbranched alkanes of at least 4 members (excludes halogenated alkanes) is 36. The van der Waals surface area contributed by atoms with Crippen LogP contribution in [0, 0.1) is 0 Å². The standard InChI is InChI=1S/6C15H23O2P.Mo/c6*1-2-3-4-5-6-7-8-9-14-10-12-15(13-11-14)18(16)17;/h6*10-13H,2-9H2,1H3;. The molecule has 0 N–H and O–H groups in total. The molecule has 0 saturated carbocycles. The Morgan fingerprint density at radius 1 is 0.165 bits per heavy atom. The fraction of sp³-hybridized carbons (Fsp3) is 0.600. The van der Waals surface area contributed by atoms with Crippen LogP contribution in [0.15, 0.2) is 146 Å². The van der Waals surface area contributed by atoms with Crippen LogP contribution in [0.4, 0.5) is 0 Å². The number of aryl methyl sites for hydroxylation is 6. The van der Waals surface area contributed by atoms with Crippen molar-refractivity contribution in [1.82, 2.24) is 0 Å². The molecule has 0 aliphatic rings. The third-order valence-corrected chi connectivity index (χ3v) is 23.6. The first kappa shape index (κ1) is 105. The first-order valence-corrected chi connectivity index (χ1v) is 48.9. The van der Waals surface area contributed by atoms with Crippen LogP contribution in [-0.4, -0.2) is 0 Å². The summed E-state index contributed by atoms with van der Waals surface area (Å²) < 4.78 is 64.4. The Balaban J connectivity index is 0.00000128. The second-order valence-corrected chi connectivity index (χ2v) is 35.0. The minimum atomic E-state index is -2.43. The van der Waals surface area contributed by atoms with Crippen molar-refractivity contribution in [1.29, 1.82) is 0 Å². The summed E-state index contributed by atoms with van der Waals surface area (Å²) in [6.07, 6.45) is 61.4. The molecule has 109 heavy (non-hydrogen) atoms. The van der Waals surface area contributed by atoms with Crippen molar-refractivity contribution in [2.75, 3.05) is 0 Å². The topological polar surface area (TPSA) is 241 Å². The van der Waals surface area contributed by atoms with E-state index in [2.05, 4.69) is 41.5 Å². The third kappa shape index (κ3) is 60.6. The molecule has 0 fully saturated rings. The van der Waals surface area contributed by atoms with Gasteiger partial charge in [-0.1, -0.05) is 373 Å². The van der Waals surface area contributed by atoms with Crippen LogP contribution in [0.25, 0.3) is 0 Å². The monoisotopic (exact) mass is 1690 g/mol. The van der Waals surface area contributed by atoms with Crippen molar-refractivity contribution in [3.05, 3.63) is 179 Å². The number of hydrogen-bond acceptors (Lipinski definition) is 12. The summed E-state index contributed by atoms with van der Waals surface area (Å²) in [5, 5.41) is 2.46. The van der Waals surface area contributed by atoms with Gasteiger partial charge in [0.15, 0.2) is 31.8 Å². The van der Waals surface area contributed by atoms with Crippen molar-refractivity contribution in [2.45, 2.75) is 350 Å². The van der Waals surface area contributed by atoms with E-state index < -0.39 is 48.2 Å². The van der Waals surface area contributed by atoms with Gasteiger partial charge in [0.25, 0.3) is 0 Å². The van der Waals surface area contributed by atoms with Gasteiger partial charge >= 0.3 is 48.2 Å². The predicted molar refractivity (Wildman–Crippen MR) is 452 cm³/mol. The molecule has 0 saturated heterocycles. The molecule has 6 aromatic carbocycles. The Hall–Kier alpha value is -3.63. The van der Waals surface area contributed by atoms with Crippen molar-refractivity contribution >= 4 is 80.0 Å². The van der Waals surface area contributed by atoms with E-state index in [4.69, 9.17) is 0 Å². The van der Waals surface area contributed by atoms with Gasteiger partial charge in [-0.2, -0.15) is 0 Å². The first-order valence-electron chi connectivity index (χ1n) is 41.8. The normalized spacial score (nSPS) is 11.4. The van der Waals surface area contributed by atoms with Gasteiger partial charge in [-0.05, 0) is 183 Å². The Bertz CT molecular complexity index is 2640. The van der Waals surface area contributed by atoms with Crippen molar-refractivity contribution in [3.63, 3.8) is 0 Å². The van der Waals surface area contributed by atoms with Crippen LogP contribution in [-0.2, 0) is 87.0 Å². The molecule has 0 radical (unpaired) electrons. The number of benzene rings is 6. The fourth-order valence-corrected chi connectivity index (χ4v) is 14.8. The Labute approximate surface area is 681 Å². The van der Waals surface area contributed by atoms with Crippen LogP contribution >= 0.6 is 48.2 Å². The van der Waals surface area contributed by atoms with E-state index in [0.29, 0.717) is 31.8 Å². The Morgan fingerprint density at radius 2 is 0.257 bits per heavy atom. The van der Waals surface area contributed by atoms with E-state index in [1.54, 1.807) is 72.8 Å². The second kappa shape index (κ2) is 74.5. The van der Waals surface area contributed by atoms with Crippen molar-refractivity contribution in [3.8, 4) is 0 Å². The molecule has 19 heteroatoms. The fourth-order valence-electron chi connectivity index (χ4n) is 12.4. The third-order valence-electron chi connectivity index (χ3n) is 19.3. The van der Waals surface area contributed by atoms with Gasteiger partial charge in [0, 0.05) is 21.1 Å². The zero-order valence-electron chi connectivity index (χ0n) is 67.8. The van der Waals surface area contributed by atoms with E-state index in [0.717, 1.165) is 38.5 Å². The van der Waals surface area contributed by atoms with Crippen molar-refractivity contribution < 1.29 is 77.8 Å². The molecule has 0 heterocycles. The van der Waals surface area contributed by atoms with Gasteiger partial charge in [0.2, 0.25) is 0 Å². The smallest absolute Gasteiger partial charge is 0.348 e. The molecule has 0 aromatic heterocycles. The van der Waals surface area contributed by atoms with Crippen LogP contribution in [0.5, 0.6) is 0 Å². The minimum Gasteiger partial charge on any atom is -0.591 e. The molecule has 6 unspecified atom stereocenters. The molecular weight excluding hydrogens is 1550 g/mol. The maximum Gasteiger partial charge on any atom is 0.348 e. The molecule has 12 nitrogen and oxygen atoms in total. The summed E-state index contributed by atoms with van der Waals surface area (Å²) in [7, 11) is -14.6. The molecular formula is C90H138MoO12P6. The quantitative estimate of drug-likeness (QED) is 0.0197. The average molecular weight is 1690 g/mol. The summed E-state index contributed by atoms with van der Waals surface area (Å²) in [4.78, 5) is 64.4. The largest absolute Gasteiger partial charge is 0.591 e. The van der Waals surface area contributed by atoms with E-state index in [9.17, 15) is 56.8 Å². The molecule has 0 bridgehead atoms. The summed E-state index contributed by atoms with van der Waals surface area (Å²) in [5.74, 6) is 0.